The number of rotatable bonds is 3. The second-order valence-electron chi connectivity index (χ2n) is 6.79. The Morgan fingerprint density at radius 3 is 2.68 bits per heavy atom. The molecule has 3 heterocycles. The van der Waals surface area contributed by atoms with Crippen LogP contribution < -0.4 is 0 Å². The van der Waals surface area contributed by atoms with Crippen molar-refractivity contribution in [2.75, 3.05) is 6.54 Å². The summed E-state index contributed by atoms with van der Waals surface area (Å²) in [4.78, 5) is 18.5. The maximum absolute atomic E-state index is 13.4. The van der Waals surface area contributed by atoms with Gasteiger partial charge in [0.25, 0.3) is 0 Å². The Bertz CT molecular complexity index is 825. The standard InChI is InChI=1S/C17H19F3N4O/c1-2-11-8-14(17(18,19)20)24-15(21-11)9-12(22-24)13-4-3-7-23(13)16(25)10-5-6-10/h8-10,13H,2-7H2,1H3/t13-/m0/s1. The van der Waals surface area contributed by atoms with Crippen molar-refractivity contribution in [1.82, 2.24) is 19.5 Å². The highest BCUT2D eigenvalue weighted by atomic mass is 19.4. The van der Waals surface area contributed by atoms with E-state index >= 15 is 0 Å². The van der Waals surface area contributed by atoms with Crippen LogP contribution in [0.5, 0.6) is 0 Å². The molecule has 4 rings (SSSR count). The molecule has 2 aromatic heterocycles. The fourth-order valence-electron chi connectivity index (χ4n) is 3.49. The van der Waals surface area contributed by atoms with Gasteiger partial charge in [0.1, 0.15) is 5.69 Å². The molecule has 25 heavy (non-hydrogen) atoms. The zero-order valence-corrected chi connectivity index (χ0v) is 13.9. The fraction of sp³-hybridized carbons (Fsp3) is 0.588. The molecule has 134 valence electrons. The van der Waals surface area contributed by atoms with Crippen LogP contribution in [0.3, 0.4) is 0 Å². The SMILES string of the molecule is CCc1cc(C(F)(F)F)n2nc([C@@H]3CCCN3C(=O)C3CC3)cc2n1. The maximum Gasteiger partial charge on any atom is 0.433 e. The third kappa shape index (κ3) is 2.87. The molecule has 0 N–H and O–H groups in total. The van der Waals surface area contributed by atoms with Gasteiger partial charge >= 0.3 is 6.18 Å². The van der Waals surface area contributed by atoms with Gasteiger partial charge in [-0.3, -0.25) is 4.79 Å². The minimum absolute atomic E-state index is 0.0909. The lowest BCUT2D eigenvalue weighted by atomic mass is 10.1. The number of alkyl halides is 3. The number of aromatic nitrogens is 3. The molecule has 0 bridgehead atoms. The van der Waals surface area contributed by atoms with E-state index in [1.807, 2.05) is 0 Å². The van der Waals surface area contributed by atoms with E-state index < -0.39 is 11.9 Å². The number of carbonyl (C=O) groups is 1. The molecule has 0 spiro atoms. The first-order valence-electron chi connectivity index (χ1n) is 8.65. The second kappa shape index (κ2) is 5.71. The van der Waals surface area contributed by atoms with Crippen LogP contribution in [0.2, 0.25) is 0 Å². The summed E-state index contributed by atoms with van der Waals surface area (Å²) in [5, 5.41) is 4.19. The van der Waals surface area contributed by atoms with Gasteiger partial charge in [0.2, 0.25) is 5.91 Å². The number of likely N-dealkylation sites (tertiary alicyclic amines) is 1. The molecule has 2 aromatic rings. The Labute approximate surface area is 142 Å². The third-order valence-corrected chi connectivity index (χ3v) is 4.96. The summed E-state index contributed by atoms with van der Waals surface area (Å²) in [5.74, 6) is 0.200. The predicted molar refractivity (Wildman–Crippen MR) is 83.8 cm³/mol. The van der Waals surface area contributed by atoms with E-state index in [-0.39, 0.29) is 23.5 Å². The molecule has 1 saturated carbocycles. The lowest BCUT2D eigenvalue weighted by Gasteiger charge is -2.23. The molecule has 2 fully saturated rings. The monoisotopic (exact) mass is 352 g/mol. The normalized spacial score (nSPS) is 21.3. The largest absolute Gasteiger partial charge is 0.433 e. The molecular weight excluding hydrogens is 333 g/mol. The van der Waals surface area contributed by atoms with E-state index in [0.717, 1.165) is 36.3 Å². The van der Waals surface area contributed by atoms with Gasteiger partial charge in [-0.1, -0.05) is 6.92 Å². The van der Waals surface area contributed by atoms with Gasteiger partial charge in [0.15, 0.2) is 5.65 Å². The van der Waals surface area contributed by atoms with E-state index in [1.54, 1.807) is 17.9 Å². The zero-order chi connectivity index (χ0) is 17.8. The topological polar surface area (TPSA) is 50.5 Å². The number of nitrogens with zero attached hydrogens (tertiary/aromatic N) is 4. The van der Waals surface area contributed by atoms with Gasteiger partial charge < -0.3 is 4.90 Å². The van der Waals surface area contributed by atoms with Crippen LogP contribution >= 0.6 is 0 Å². The number of amides is 1. The Balaban J connectivity index is 1.76. The highest BCUT2D eigenvalue weighted by molar-refractivity contribution is 5.81. The van der Waals surface area contributed by atoms with Gasteiger partial charge in [0.05, 0.1) is 11.7 Å². The van der Waals surface area contributed by atoms with Crippen LogP contribution in [0.15, 0.2) is 12.1 Å². The molecule has 5 nitrogen and oxygen atoms in total. The predicted octanol–water partition coefficient (Wildman–Crippen LogP) is 3.38. The summed E-state index contributed by atoms with van der Waals surface area (Å²) in [5.41, 5.74) is 0.243. The number of halogens is 3. The summed E-state index contributed by atoms with van der Waals surface area (Å²) < 4.78 is 41.0. The van der Waals surface area contributed by atoms with E-state index in [0.29, 0.717) is 24.4 Å². The Hall–Kier alpha value is -2.12. The molecule has 1 amide bonds. The minimum atomic E-state index is -4.51. The first-order chi connectivity index (χ1) is 11.9. The van der Waals surface area contributed by atoms with E-state index in [1.165, 1.54) is 0 Å². The number of aryl methyl sites for hydroxylation is 1. The van der Waals surface area contributed by atoms with Gasteiger partial charge in [-0.25, -0.2) is 9.50 Å². The van der Waals surface area contributed by atoms with Gasteiger partial charge in [0, 0.05) is 24.2 Å². The molecule has 1 aliphatic carbocycles. The first-order valence-corrected chi connectivity index (χ1v) is 8.65. The van der Waals surface area contributed by atoms with Crippen molar-refractivity contribution in [2.45, 2.75) is 51.2 Å². The third-order valence-electron chi connectivity index (χ3n) is 4.96. The Morgan fingerprint density at radius 2 is 2.04 bits per heavy atom. The highest BCUT2D eigenvalue weighted by Crippen LogP contribution is 2.39. The van der Waals surface area contributed by atoms with Gasteiger partial charge in [-0.2, -0.15) is 18.3 Å². The molecule has 1 aliphatic heterocycles. The number of fused-ring (bicyclic) bond motifs is 1. The molecular formula is C17H19F3N4O. The summed E-state index contributed by atoms with van der Waals surface area (Å²) in [6.45, 7) is 2.41. The quantitative estimate of drug-likeness (QED) is 0.851. The lowest BCUT2D eigenvalue weighted by Crippen LogP contribution is -2.31. The molecule has 0 radical (unpaired) electrons. The van der Waals surface area contributed by atoms with Crippen molar-refractivity contribution >= 4 is 11.6 Å². The lowest BCUT2D eigenvalue weighted by molar-refractivity contribution is -0.142. The Morgan fingerprint density at radius 1 is 1.28 bits per heavy atom. The summed E-state index contributed by atoms with van der Waals surface area (Å²) in [6, 6.07) is 2.39. The van der Waals surface area contributed by atoms with Crippen LogP contribution in [0.25, 0.3) is 5.65 Å². The second-order valence-corrected chi connectivity index (χ2v) is 6.79. The van der Waals surface area contributed by atoms with Crippen molar-refractivity contribution in [2.24, 2.45) is 5.92 Å². The van der Waals surface area contributed by atoms with Crippen LogP contribution in [0.4, 0.5) is 13.2 Å². The molecule has 0 aromatic carbocycles. The highest BCUT2D eigenvalue weighted by Gasteiger charge is 2.40. The van der Waals surface area contributed by atoms with Crippen LogP contribution in [-0.2, 0) is 17.4 Å². The van der Waals surface area contributed by atoms with E-state index in [9.17, 15) is 18.0 Å². The summed E-state index contributed by atoms with van der Waals surface area (Å²) in [6.07, 6.45) is -0.704. The van der Waals surface area contributed by atoms with Crippen molar-refractivity contribution in [1.29, 1.82) is 0 Å². The summed E-state index contributed by atoms with van der Waals surface area (Å²) >= 11 is 0. The molecule has 1 atom stereocenters. The zero-order valence-electron chi connectivity index (χ0n) is 13.9. The van der Waals surface area contributed by atoms with Gasteiger partial charge in [-0.05, 0) is 38.2 Å². The smallest absolute Gasteiger partial charge is 0.334 e. The van der Waals surface area contributed by atoms with Crippen molar-refractivity contribution in [3.63, 3.8) is 0 Å². The number of hydrogen-bond donors (Lipinski definition) is 0. The number of hydrogen-bond acceptors (Lipinski definition) is 3. The summed E-state index contributed by atoms with van der Waals surface area (Å²) in [7, 11) is 0. The molecule has 0 unspecified atom stereocenters. The number of carbonyl (C=O) groups excluding carboxylic acids is 1. The first kappa shape index (κ1) is 16.4. The van der Waals surface area contributed by atoms with Gasteiger partial charge in [-0.15, -0.1) is 0 Å². The fourth-order valence-corrected chi connectivity index (χ4v) is 3.49. The Kier molecular flexibility index (Phi) is 3.73. The van der Waals surface area contributed by atoms with Crippen LogP contribution in [0, 0.1) is 5.92 Å². The molecule has 2 aliphatic rings. The minimum Gasteiger partial charge on any atom is -0.334 e. The molecule has 8 heteroatoms. The van der Waals surface area contributed by atoms with Crippen molar-refractivity contribution < 1.29 is 18.0 Å². The maximum atomic E-state index is 13.4. The van der Waals surface area contributed by atoms with E-state index in [4.69, 9.17) is 0 Å². The van der Waals surface area contributed by atoms with E-state index in [2.05, 4.69) is 10.1 Å². The van der Waals surface area contributed by atoms with Crippen molar-refractivity contribution in [3.05, 3.63) is 29.2 Å². The average molecular weight is 352 g/mol. The van der Waals surface area contributed by atoms with Crippen LogP contribution in [0.1, 0.15) is 55.7 Å². The molecule has 1 saturated heterocycles. The average Bonchev–Trinajstić information content (AvgIpc) is 3.15. The van der Waals surface area contributed by atoms with Crippen LogP contribution in [-0.4, -0.2) is 31.9 Å². The van der Waals surface area contributed by atoms with Crippen molar-refractivity contribution in [3.8, 4) is 0 Å².